The van der Waals surface area contributed by atoms with E-state index in [4.69, 9.17) is 4.74 Å². The number of hydrogen-bond acceptors (Lipinski definition) is 3. The van der Waals surface area contributed by atoms with Crippen LogP contribution in [0.1, 0.15) is 32.9 Å². The smallest absolute Gasteiger partial charge is 0.255 e. The highest BCUT2D eigenvalue weighted by Gasteiger charge is 2.16. The summed E-state index contributed by atoms with van der Waals surface area (Å²) in [5.74, 6) is 0.772. The molecule has 0 atom stereocenters. The van der Waals surface area contributed by atoms with E-state index in [1.807, 2.05) is 75.5 Å². The summed E-state index contributed by atoms with van der Waals surface area (Å²) in [5.41, 5.74) is 4.60. The molecule has 1 amide bonds. The van der Waals surface area contributed by atoms with Crippen LogP contribution in [0.3, 0.4) is 0 Å². The molecule has 0 fully saturated rings. The van der Waals surface area contributed by atoms with Crippen LogP contribution in [0.2, 0.25) is 0 Å². The van der Waals surface area contributed by atoms with Gasteiger partial charge >= 0.3 is 0 Å². The monoisotopic (exact) mass is 363 g/mol. The molecular weight excluding hydrogens is 338 g/mol. The van der Waals surface area contributed by atoms with Crippen molar-refractivity contribution in [3.63, 3.8) is 0 Å². The maximum absolute atomic E-state index is 12.4. The van der Waals surface area contributed by atoms with Crippen LogP contribution in [0, 0.1) is 13.8 Å². The lowest BCUT2D eigenvalue weighted by Gasteiger charge is -2.08. The van der Waals surface area contributed by atoms with Gasteiger partial charge in [0.25, 0.3) is 5.91 Å². The Bertz CT molecular complexity index is 899. The zero-order valence-electron chi connectivity index (χ0n) is 16.0. The van der Waals surface area contributed by atoms with Crippen molar-refractivity contribution in [2.45, 2.75) is 26.9 Å². The highest BCUT2D eigenvalue weighted by molar-refractivity contribution is 5.96. The maximum Gasteiger partial charge on any atom is 0.255 e. The second-order valence-electron chi connectivity index (χ2n) is 6.59. The number of benzene rings is 2. The van der Waals surface area contributed by atoms with Crippen molar-refractivity contribution >= 4 is 5.91 Å². The first-order chi connectivity index (χ1) is 13.0. The van der Waals surface area contributed by atoms with Gasteiger partial charge in [0.15, 0.2) is 0 Å². The molecule has 0 bridgehead atoms. The van der Waals surface area contributed by atoms with E-state index in [0.717, 1.165) is 34.7 Å². The molecule has 1 N–H and O–H groups in total. The van der Waals surface area contributed by atoms with Crippen molar-refractivity contribution in [1.29, 1.82) is 0 Å². The maximum atomic E-state index is 12.4. The molecule has 3 aromatic rings. The summed E-state index contributed by atoms with van der Waals surface area (Å²) < 4.78 is 7.53. The fourth-order valence-electron chi connectivity index (χ4n) is 3.00. The lowest BCUT2D eigenvalue weighted by Crippen LogP contribution is -2.26. The zero-order valence-corrected chi connectivity index (χ0v) is 16.0. The predicted octanol–water partition coefficient (Wildman–Crippen LogP) is 3.59. The van der Waals surface area contributed by atoms with Gasteiger partial charge in [-0.1, -0.05) is 42.5 Å². The topological polar surface area (TPSA) is 56.2 Å². The van der Waals surface area contributed by atoms with Crippen LogP contribution in [-0.2, 0) is 20.1 Å². The van der Waals surface area contributed by atoms with Gasteiger partial charge in [-0.25, -0.2) is 0 Å². The highest BCUT2D eigenvalue weighted by atomic mass is 16.5. The Balaban J connectivity index is 1.48. The highest BCUT2D eigenvalue weighted by Crippen LogP contribution is 2.15. The summed E-state index contributed by atoms with van der Waals surface area (Å²) in [6.45, 7) is 4.90. The van der Waals surface area contributed by atoms with Crippen LogP contribution in [0.4, 0.5) is 0 Å². The SMILES string of the molecule is Cc1nn(C)c(C)c1C(=O)NCCc1ccc(OCc2ccccc2)cc1. The summed E-state index contributed by atoms with van der Waals surface area (Å²) in [6, 6.07) is 18.1. The zero-order chi connectivity index (χ0) is 19.2. The second-order valence-corrected chi connectivity index (χ2v) is 6.59. The first-order valence-electron chi connectivity index (χ1n) is 9.08. The number of ether oxygens (including phenoxy) is 1. The van der Waals surface area contributed by atoms with Crippen molar-refractivity contribution in [3.8, 4) is 5.75 Å². The standard InChI is InChI=1S/C22H25N3O2/c1-16-21(17(2)25(3)24-16)22(26)23-14-13-18-9-11-20(12-10-18)27-15-19-7-5-4-6-8-19/h4-12H,13-15H2,1-3H3,(H,23,26). The van der Waals surface area contributed by atoms with E-state index in [1.54, 1.807) is 4.68 Å². The Hall–Kier alpha value is -3.08. The summed E-state index contributed by atoms with van der Waals surface area (Å²) in [6.07, 6.45) is 0.767. The molecule has 0 aliphatic rings. The number of hydrogen-bond donors (Lipinski definition) is 1. The molecule has 0 aliphatic heterocycles. The third kappa shape index (κ3) is 4.76. The molecule has 0 radical (unpaired) electrons. The molecule has 1 aromatic heterocycles. The van der Waals surface area contributed by atoms with E-state index in [-0.39, 0.29) is 5.91 Å². The Morgan fingerprint density at radius 1 is 1.04 bits per heavy atom. The molecule has 2 aromatic carbocycles. The number of rotatable bonds is 7. The van der Waals surface area contributed by atoms with Crippen molar-refractivity contribution in [1.82, 2.24) is 15.1 Å². The van der Waals surface area contributed by atoms with E-state index in [2.05, 4.69) is 10.4 Å². The number of nitrogens with one attached hydrogen (secondary N) is 1. The second kappa shape index (κ2) is 8.54. The molecular formula is C22H25N3O2. The molecule has 5 nitrogen and oxygen atoms in total. The lowest BCUT2D eigenvalue weighted by atomic mass is 10.1. The normalized spacial score (nSPS) is 10.6. The van der Waals surface area contributed by atoms with Crippen molar-refractivity contribution in [3.05, 3.63) is 82.7 Å². The number of carbonyl (C=O) groups excluding carboxylic acids is 1. The van der Waals surface area contributed by atoms with Crippen LogP contribution >= 0.6 is 0 Å². The minimum absolute atomic E-state index is 0.0686. The van der Waals surface area contributed by atoms with Gasteiger partial charge in [-0.3, -0.25) is 9.48 Å². The number of amides is 1. The third-order valence-corrected chi connectivity index (χ3v) is 4.61. The van der Waals surface area contributed by atoms with E-state index in [9.17, 15) is 4.79 Å². The number of carbonyl (C=O) groups is 1. The van der Waals surface area contributed by atoms with Crippen molar-refractivity contribution < 1.29 is 9.53 Å². The van der Waals surface area contributed by atoms with Gasteiger partial charge in [0.1, 0.15) is 12.4 Å². The van der Waals surface area contributed by atoms with Crippen LogP contribution in [-0.4, -0.2) is 22.2 Å². The molecule has 0 aliphatic carbocycles. The number of nitrogens with zero attached hydrogens (tertiary/aromatic N) is 2. The Labute approximate surface area is 160 Å². The van der Waals surface area contributed by atoms with Crippen LogP contribution in [0.15, 0.2) is 54.6 Å². The lowest BCUT2D eigenvalue weighted by molar-refractivity contribution is 0.0953. The molecule has 27 heavy (non-hydrogen) atoms. The molecule has 0 saturated carbocycles. The average molecular weight is 363 g/mol. The number of aromatic nitrogens is 2. The molecule has 0 spiro atoms. The fraction of sp³-hybridized carbons (Fsp3) is 0.273. The van der Waals surface area contributed by atoms with E-state index >= 15 is 0 Å². The van der Waals surface area contributed by atoms with Crippen molar-refractivity contribution in [2.75, 3.05) is 6.54 Å². The molecule has 1 heterocycles. The summed E-state index contributed by atoms with van der Waals surface area (Å²) >= 11 is 0. The van der Waals surface area contributed by atoms with Gasteiger partial charge < -0.3 is 10.1 Å². The van der Waals surface area contributed by atoms with Crippen molar-refractivity contribution in [2.24, 2.45) is 7.05 Å². The first kappa shape index (κ1) is 18.7. The van der Waals surface area contributed by atoms with Gasteiger partial charge in [0.05, 0.1) is 11.3 Å². The van der Waals surface area contributed by atoms with Crippen LogP contribution in [0.5, 0.6) is 5.75 Å². The summed E-state index contributed by atoms with van der Waals surface area (Å²) in [5, 5.41) is 7.27. The largest absolute Gasteiger partial charge is 0.489 e. The quantitative estimate of drug-likeness (QED) is 0.698. The molecule has 0 unspecified atom stereocenters. The number of aryl methyl sites for hydroxylation is 2. The predicted molar refractivity (Wildman–Crippen MR) is 106 cm³/mol. The first-order valence-corrected chi connectivity index (χ1v) is 9.08. The third-order valence-electron chi connectivity index (χ3n) is 4.61. The van der Waals surface area contributed by atoms with E-state index in [1.165, 1.54) is 0 Å². The average Bonchev–Trinajstić information content (AvgIpc) is 2.93. The molecule has 5 heteroatoms. The van der Waals surface area contributed by atoms with Gasteiger partial charge in [0.2, 0.25) is 0 Å². The van der Waals surface area contributed by atoms with Gasteiger partial charge in [-0.2, -0.15) is 5.10 Å². The molecule has 140 valence electrons. The Morgan fingerprint density at radius 3 is 2.37 bits per heavy atom. The van der Waals surface area contributed by atoms with Gasteiger partial charge in [0, 0.05) is 19.3 Å². The van der Waals surface area contributed by atoms with E-state index in [0.29, 0.717) is 18.7 Å². The fourth-order valence-corrected chi connectivity index (χ4v) is 3.00. The van der Waals surface area contributed by atoms with Gasteiger partial charge in [-0.05, 0) is 43.5 Å². The molecule has 3 rings (SSSR count). The minimum atomic E-state index is -0.0686. The summed E-state index contributed by atoms with van der Waals surface area (Å²) in [7, 11) is 1.85. The van der Waals surface area contributed by atoms with Crippen LogP contribution in [0.25, 0.3) is 0 Å². The molecule has 0 saturated heterocycles. The van der Waals surface area contributed by atoms with Gasteiger partial charge in [-0.15, -0.1) is 0 Å². The Morgan fingerprint density at radius 2 is 1.74 bits per heavy atom. The van der Waals surface area contributed by atoms with Crippen LogP contribution < -0.4 is 10.1 Å². The Kier molecular flexibility index (Phi) is 5.91. The van der Waals surface area contributed by atoms with E-state index < -0.39 is 0 Å². The minimum Gasteiger partial charge on any atom is -0.489 e. The summed E-state index contributed by atoms with van der Waals surface area (Å²) in [4.78, 5) is 12.4.